The molecule has 1 aliphatic rings. The Morgan fingerprint density at radius 1 is 1.20 bits per heavy atom. The van der Waals surface area contributed by atoms with Gasteiger partial charge in [0.05, 0.1) is 11.5 Å². The summed E-state index contributed by atoms with van der Waals surface area (Å²) in [6.07, 6.45) is 3.99. The summed E-state index contributed by atoms with van der Waals surface area (Å²) in [6, 6.07) is 0. The maximum atomic E-state index is 12.1. The van der Waals surface area contributed by atoms with Crippen molar-refractivity contribution in [3.05, 3.63) is 0 Å². The van der Waals surface area contributed by atoms with Crippen molar-refractivity contribution in [3.8, 4) is 0 Å². The van der Waals surface area contributed by atoms with Gasteiger partial charge < -0.3 is 5.32 Å². The Kier molecular flexibility index (Phi) is 6.90. The van der Waals surface area contributed by atoms with Gasteiger partial charge in [0.2, 0.25) is 10.0 Å². The molecule has 0 aromatic carbocycles. The topological polar surface area (TPSA) is 83.6 Å². The molecule has 8 heteroatoms. The lowest BCUT2D eigenvalue weighted by molar-refractivity contribution is 0.260. The molecule has 1 fully saturated rings. The molecule has 1 saturated heterocycles. The third-order valence-corrected chi connectivity index (χ3v) is 6.49. The van der Waals surface area contributed by atoms with Gasteiger partial charge in [0.25, 0.3) is 0 Å². The van der Waals surface area contributed by atoms with Gasteiger partial charge in [-0.05, 0) is 38.3 Å². The minimum atomic E-state index is -3.45. The number of sulfonamides is 1. The molecule has 0 aromatic rings. The van der Waals surface area contributed by atoms with E-state index in [1.807, 2.05) is 0 Å². The molecule has 1 N–H and O–H groups in total. The van der Waals surface area contributed by atoms with Gasteiger partial charge in [0.15, 0.2) is 0 Å². The van der Waals surface area contributed by atoms with Crippen LogP contribution in [0.15, 0.2) is 0 Å². The monoisotopic (exact) mass is 326 g/mol. The van der Waals surface area contributed by atoms with E-state index in [-0.39, 0.29) is 11.5 Å². The summed E-state index contributed by atoms with van der Waals surface area (Å²) in [5.74, 6) is -0.283. The lowest BCUT2D eigenvalue weighted by atomic mass is 10.00. The van der Waals surface area contributed by atoms with Crippen LogP contribution in [0, 0.1) is 5.92 Å². The highest BCUT2D eigenvalue weighted by Crippen LogP contribution is 2.19. The standard InChI is InChI=1S/C12H26N2O4S2/c1-3-6-13-10-12-5-4-7-14(11-12)20(17,18)9-8-19(2,15)16/h12-13H,3-11H2,1-2H3. The van der Waals surface area contributed by atoms with Crippen LogP contribution in [0.2, 0.25) is 0 Å². The first kappa shape index (κ1) is 17.9. The van der Waals surface area contributed by atoms with Crippen LogP contribution in [0.5, 0.6) is 0 Å². The van der Waals surface area contributed by atoms with Gasteiger partial charge in [-0.1, -0.05) is 6.92 Å². The van der Waals surface area contributed by atoms with E-state index in [1.165, 1.54) is 4.31 Å². The Morgan fingerprint density at radius 3 is 2.50 bits per heavy atom. The van der Waals surface area contributed by atoms with Crippen LogP contribution in [-0.2, 0) is 19.9 Å². The van der Waals surface area contributed by atoms with Crippen LogP contribution in [0.4, 0.5) is 0 Å². The minimum absolute atomic E-state index is 0.301. The predicted molar refractivity (Wildman–Crippen MR) is 81.0 cm³/mol. The lowest BCUT2D eigenvalue weighted by Gasteiger charge is -2.32. The van der Waals surface area contributed by atoms with E-state index < -0.39 is 19.9 Å². The van der Waals surface area contributed by atoms with E-state index in [4.69, 9.17) is 0 Å². The van der Waals surface area contributed by atoms with Crippen molar-refractivity contribution in [3.63, 3.8) is 0 Å². The van der Waals surface area contributed by atoms with E-state index in [2.05, 4.69) is 12.2 Å². The molecular weight excluding hydrogens is 300 g/mol. The molecule has 0 aromatic heterocycles. The van der Waals surface area contributed by atoms with Gasteiger partial charge in [-0.2, -0.15) is 0 Å². The summed E-state index contributed by atoms with van der Waals surface area (Å²) >= 11 is 0. The average Bonchev–Trinajstić information content (AvgIpc) is 2.37. The predicted octanol–water partition coefficient (Wildman–Crippen LogP) is 0.0724. The van der Waals surface area contributed by atoms with Crippen molar-refractivity contribution in [2.75, 3.05) is 43.9 Å². The van der Waals surface area contributed by atoms with Crippen molar-refractivity contribution in [2.45, 2.75) is 26.2 Å². The van der Waals surface area contributed by atoms with Gasteiger partial charge in [-0.25, -0.2) is 21.1 Å². The van der Waals surface area contributed by atoms with Gasteiger partial charge in [0, 0.05) is 19.3 Å². The molecule has 1 heterocycles. The molecule has 1 unspecified atom stereocenters. The fraction of sp³-hybridized carbons (Fsp3) is 1.00. The highest BCUT2D eigenvalue weighted by Gasteiger charge is 2.29. The molecule has 0 amide bonds. The molecule has 0 aliphatic carbocycles. The SMILES string of the molecule is CCCNCC1CCCN(S(=O)(=O)CCS(C)(=O)=O)C1. The molecule has 0 saturated carbocycles. The van der Waals surface area contributed by atoms with E-state index >= 15 is 0 Å². The summed E-state index contributed by atoms with van der Waals surface area (Å²) in [7, 11) is -6.70. The highest BCUT2D eigenvalue weighted by atomic mass is 32.2. The summed E-state index contributed by atoms with van der Waals surface area (Å²) in [4.78, 5) is 0. The largest absolute Gasteiger partial charge is 0.316 e. The number of hydrogen-bond acceptors (Lipinski definition) is 5. The van der Waals surface area contributed by atoms with Crippen molar-refractivity contribution < 1.29 is 16.8 Å². The minimum Gasteiger partial charge on any atom is -0.316 e. The number of piperidine rings is 1. The molecule has 6 nitrogen and oxygen atoms in total. The van der Waals surface area contributed by atoms with Crippen molar-refractivity contribution in [2.24, 2.45) is 5.92 Å². The molecule has 1 aliphatic heterocycles. The second-order valence-electron chi connectivity index (χ2n) is 5.52. The van der Waals surface area contributed by atoms with Gasteiger partial charge >= 0.3 is 0 Å². The van der Waals surface area contributed by atoms with Crippen LogP contribution in [0.1, 0.15) is 26.2 Å². The molecule has 120 valence electrons. The Balaban J connectivity index is 2.52. The quantitative estimate of drug-likeness (QED) is 0.638. The summed E-state index contributed by atoms with van der Waals surface area (Å²) in [6.45, 7) is 4.87. The number of nitrogens with zero attached hydrogens (tertiary/aromatic N) is 1. The number of sulfone groups is 1. The average molecular weight is 326 g/mol. The third-order valence-electron chi connectivity index (χ3n) is 3.45. The molecular formula is C12H26N2O4S2. The lowest BCUT2D eigenvalue weighted by Crippen LogP contribution is -2.44. The van der Waals surface area contributed by atoms with E-state index in [1.54, 1.807) is 0 Å². The van der Waals surface area contributed by atoms with E-state index in [9.17, 15) is 16.8 Å². The summed E-state index contributed by atoms with van der Waals surface area (Å²) in [5.41, 5.74) is 0. The van der Waals surface area contributed by atoms with Crippen LogP contribution < -0.4 is 5.32 Å². The zero-order valence-corrected chi connectivity index (χ0v) is 14.0. The fourth-order valence-corrected chi connectivity index (χ4v) is 5.47. The van der Waals surface area contributed by atoms with Crippen LogP contribution in [0.25, 0.3) is 0 Å². The Bertz CT molecular complexity index is 488. The maximum Gasteiger partial charge on any atom is 0.215 e. The third kappa shape index (κ3) is 6.51. The smallest absolute Gasteiger partial charge is 0.215 e. The number of nitrogens with one attached hydrogen (secondary N) is 1. The van der Waals surface area contributed by atoms with E-state index in [0.29, 0.717) is 19.0 Å². The number of rotatable bonds is 8. The molecule has 20 heavy (non-hydrogen) atoms. The molecule has 1 rings (SSSR count). The molecule has 1 atom stereocenters. The van der Waals surface area contributed by atoms with Gasteiger partial charge in [-0.15, -0.1) is 0 Å². The van der Waals surface area contributed by atoms with E-state index in [0.717, 1.165) is 38.6 Å². The molecule has 0 spiro atoms. The Morgan fingerprint density at radius 2 is 1.90 bits per heavy atom. The molecule has 0 bridgehead atoms. The zero-order chi connectivity index (χ0) is 15.2. The maximum absolute atomic E-state index is 12.1. The van der Waals surface area contributed by atoms with Gasteiger partial charge in [0.1, 0.15) is 9.84 Å². The Labute approximate surface area is 122 Å². The second-order valence-corrected chi connectivity index (χ2v) is 9.86. The number of hydrogen-bond donors (Lipinski definition) is 1. The van der Waals surface area contributed by atoms with Crippen molar-refractivity contribution >= 4 is 19.9 Å². The normalized spacial score (nSPS) is 22.0. The van der Waals surface area contributed by atoms with Gasteiger partial charge in [-0.3, -0.25) is 0 Å². The van der Waals surface area contributed by atoms with Crippen LogP contribution in [0.3, 0.4) is 0 Å². The fourth-order valence-electron chi connectivity index (χ4n) is 2.31. The second kappa shape index (κ2) is 7.72. The van der Waals surface area contributed by atoms with Crippen molar-refractivity contribution in [1.29, 1.82) is 0 Å². The first-order chi connectivity index (χ1) is 9.24. The molecule has 0 radical (unpaired) electrons. The first-order valence-corrected chi connectivity index (χ1v) is 10.8. The van der Waals surface area contributed by atoms with Crippen LogP contribution in [-0.4, -0.2) is 65.1 Å². The Hall–Kier alpha value is -0.180. The first-order valence-electron chi connectivity index (χ1n) is 7.11. The summed E-state index contributed by atoms with van der Waals surface area (Å²) in [5, 5.41) is 3.32. The zero-order valence-electron chi connectivity index (χ0n) is 12.3. The highest BCUT2D eigenvalue weighted by molar-refractivity contribution is 7.93. The van der Waals surface area contributed by atoms with Crippen molar-refractivity contribution in [1.82, 2.24) is 9.62 Å². The van der Waals surface area contributed by atoms with Crippen LogP contribution >= 0.6 is 0 Å². The summed E-state index contributed by atoms with van der Waals surface area (Å²) < 4.78 is 48.0.